The third-order valence-electron chi connectivity index (χ3n) is 20.3. The van der Waals surface area contributed by atoms with Gasteiger partial charge in [0.1, 0.15) is 103 Å². The summed E-state index contributed by atoms with van der Waals surface area (Å²) < 4.78 is 100. The predicted molar refractivity (Wildman–Crippen MR) is 286 cm³/mol. The molecule has 28 nitrogen and oxygen atoms in total. The topological polar surface area (TPSA) is 436 Å². The summed E-state index contributed by atoms with van der Waals surface area (Å²) >= 11 is 0. The molecule has 9 aliphatic rings. The van der Waals surface area contributed by atoms with Crippen LogP contribution in [0.2, 0.25) is 0 Å². The molecular formula is C56H92O28S. The number of carbonyl (C=O) groups is 1. The summed E-state index contributed by atoms with van der Waals surface area (Å²) in [5.74, 6) is -0.799. The lowest BCUT2D eigenvalue weighted by Crippen LogP contribution is -2.67. The molecule has 0 aromatic heterocycles. The molecule has 85 heavy (non-hydrogen) atoms. The van der Waals surface area contributed by atoms with Crippen LogP contribution in [-0.2, 0) is 66.7 Å². The maximum absolute atomic E-state index is 13.2. The van der Waals surface area contributed by atoms with Crippen LogP contribution in [0.5, 0.6) is 0 Å². The van der Waals surface area contributed by atoms with Gasteiger partial charge in [-0.05, 0) is 113 Å². The standard InChI is InChI=1S/C56H92O28S/c1-21(2)15-25(58)18-56(8,70)34-10-9-28-27-17-31(30-16-26(84-85(71,72)73)11-13-54(30,6)29(27)12-14-55(28,34)7)78-51-45(69)46(37(61)24(5)77-51)81-52-47(82-49-43(67)40(64)35(59)22(3)75-49)39(63)33(20-74-52)80-53-48(42(66)38(62)32(19-57)79-53)83-50-44(68)41(65)36(60)23(4)76-50/h12,21-24,26-28,30-53,57,59-70H,9-11,13-20H2,1-8H3,(H,71,72,73)/t22-,23-,24-,26+,27+,28+,30-,31+,32-,33-,34+,35-,36+,37-,38-,39+,40+,41+,42+,43-,44-,45-,46+,47-,48-,49?,50?,51?,52?,53?,54-,55+,56-/m1/s1. The first kappa shape index (κ1) is 67.7. The number of aliphatic hydroxyl groups is 13. The molecule has 0 amide bonds. The molecule has 0 aromatic rings. The van der Waals surface area contributed by atoms with Crippen molar-refractivity contribution in [3.05, 3.63) is 11.6 Å². The van der Waals surface area contributed by atoms with Gasteiger partial charge in [-0.25, -0.2) is 4.18 Å². The zero-order valence-electron chi connectivity index (χ0n) is 49.1. The van der Waals surface area contributed by atoms with Gasteiger partial charge in [0.25, 0.3) is 0 Å². The van der Waals surface area contributed by atoms with Gasteiger partial charge >= 0.3 is 10.4 Å². The number of rotatable bonds is 18. The lowest BCUT2D eigenvalue weighted by atomic mass is 9.47. The van der Waals surface area contributed by atoms with Crippen molar-refractivity contribution in [2.75, 3.05) is 13.2 Å². The van der Waals surface area contributed by atoms with Gasteiger partial charge in [0.05, 0.1) is 49.3 Å². The van der Waals surface area contributed by atoms with Crippen molar-refractivity contribution in [1.29, 1.82) is 0 Å². The highest BCUT2D eigenvalue weighted by atomic mass is 32.3. The van der Waals surface area contributed by atoms with Crippen LogP contribution in [-0.4, -0.2) is 264 Å². The number of aliphatic hydroxyl groups excluding tert-OH is 12. The Labute approximate surface area is 494 Å². The fraction of sp³-hybridized carbons (Fsp3) is 0.946. The van der Waals surface area contributed by atoms with Crippen molar-refractivity contribution in [3.8, 4) is 0 Å². The molecule has 8 fully saturated rings. The molecule has 5 aliphatic heterocycles. The van der Waals surface area contributed by atoms with Gasteiger partial charge in [0.15, 0.2) is 31.5 Å². The summed E-state index contributed by atoms with van der Waals surface area (Å²) in [6.07, 6.45) is -37.1. The molecular weight excluding hydrogens is 1150 g/mol. The fourth-order valence-electron chi connectivity index (χ4n) is 15.8. The molecule has 490 valence electrons. The van der Waals surface area contributed by atoms with Crippen LogP contribution < -0.4 is 0 Å². The Hall–Kier alpha value is -1.64. The number of ketones is 1. The van der Waals surface area contributed by atoms with Crippen LogP contribution in [0.25, 0.3) is 0 Å². The van der Waals surface area contributed by atoms with Gasteiger partial charge in [-0.1, -0.05) is 39.3 Å². The summed E-state index contributed by atoms with van der Waals surface area (Å²) in [7, 11) is -4.88. The highest BCUT2D eigenvalue weighted by Gasteiger charge is 2.64. The summed E-state index contributed by atoms with van der Waals surface area (Å²) in [5, 5.41) is 145. The van der Waals surface area contributed by atoms with E-state index in [1.54, 1.807) is 6.92 Å². The molecule has 3 saturated carbocycles. The molecule has 14 N–H and O–H groups in total. The molecule has 0 aromatic carbocycles. The van der Waals surface area contributed by atoms with E-state index in [1.165, 1.54) is 20.8 Å². The van der Waals surface area contributed by atoms with Crippen molar-refractivity contribution in [2.24, 2.45) is 40.4 Å². The lowest BCUT2D eigenvalue weighted by molar-refractivity contribution is -0.398. The molecule has 0 bridgehead atoms. The molecule has 0 radical (unpaired) electrons. The minimum atomic E-state index is -4.88. The Morgan fingerprint density at radius 1 is 0.647 bits per heavy atom. The fourth-order valence-corrected chi connectivity index (χ4v) is 16.3. The Balaban J connectivity index is 0.982. The van der Waals surface area contributed by atoms with Crippen LogP contribution in [0.3, 0.4) is 0 Å². The van der Waals surface area contributed by atoms with Gasteiger partial charge in [0.2, 0.25) is 0 Å². The van der Waals surface area contributed by atoms with E-state index >= 15 is 0 Å². The second-order valence-corrected chi connectivity index (χ2v) is 27.7. The Kier molecular flexibility index (Phi) is 20.8. The van der Waals surface area contributed by atoms with E-state index in [9.17, 15) is 84.1 Å². The minimum Gasteiger partial charge on any atom is -0.394 e. The first-order valence-electron chi connectivity index (χ1n) is 29.9. The summed E-state index contributed by atoms with van der Waals surface area (Å²) in [4.78, 5) is 13.2. The second kappa shape index (κ2) is 26.2. The normalized spacial score (nSPS) is 51.3. The molecule has 9 rings (SSSR count). The van der Waals surface area contributed by atoms with E-state index < -0.39 is 206 Å². The number of Topliss-reactive ketones (excluding diaryl/α,β-unsaturated/α-hetero) is 1. The van der Waals surface area contributed by atoms with Gasteiger partial charge in [-0.2, -0.15) is 8.42 Å². The van der Waals surface area contributed by atoms with Crippen molar-refractivity contribution in [2.45, 2.75) is 278 Å². The first-order valence-corrected chi connectivity index (χ1v) is 31.3. The Bertz CT molecular complexity index is 2420. The average Bonchev–Trinajstić information content (AvgIpc) is 1.71. The maximum atomic E-state index is 13.2. The smallest absolute Gasteiger partial charge is 0.394 e. The minimum absolute atomic E-state index is 0.00462. The summed E-state index contributed by atoms with van der Waals surface area (Å²) in [5.41, 5.74) is -1.26. The summed E-state index contributed by atoms with van der Waals surface area (Å²) in [6.45, 7) is 12.6. The van der Waals surface area contributed by atoms with Crippen LogP contribution in [0.15, 0.2) is 11.6 Å². The van der Waals surface area contributed by atoms with E-state index in [1.807, 2.05) is 13.8 Å². The van der Waals surface area contributed by atoms with Crippen LogP contribution in [0.4, 0.5) is 0 Å². The van der Waals surface area contributed by atoms with E-state index in [0.717, 1.165) is 12.0 Å². The third kappa shape index (κ3) is 13.5. The summed E-state index contributed by atoms with van der Waals surface area (Å²) in [6, 6.07) is 0. The van der Waals surface area contributed by atoms with Crippen molar-refractivity contribution in [1.82, 2.24) is 0 Å². The zero-order valence-corrected chi connectivity index (χ0v) is 50.0. The maximum Gasteiger partial charge on any atom is 0.397 e. The van der Waals surface area contributed by atoms with Crippen LogP contribution in [0.1, 0.15) is 113 Å². The van der Waals surface area contributed by atoms with Gasteiger partial charge in [0, 0.05) is 12.8 Å². The number of ether oxygens (including phenoxy) is 10. The number of hydrogen-bond acceptors (Lipinski definition) is 27. The molecule has 0 spiro atoms. The zero-order chi connectivity index (χ0) is 62.3. The number of carbonyl (C=O) groups excluding carboxylic acids is 1. The highest BCUT2D eigenvalue weighted by Crippen LogP contribution is 2.67. The van der Waals surface area contributed by atoms with E-state index in [2.05, 4.69) is 19.9 Å². The lowest BCUT2D eigenvalue weighted by Gasteiger charge is -2.60. The average molecular weight is 1250 g/mol. The van der Waals surface area contributed by atoms with E-state index in [-0.39, 0.29) is 48.7 Å². The monoisotopic (exact) mass is 1240 g/mol. The molecule has 5 saturated heterocycles. The SMILES string of the molecule is CC(C)CC(=O)C[C@@](C)(O)[C@H]1CC[C@H]2[C@@H]3C[C@H](OC4O[C@H](C)[C@@H](O)[C@H](OC5OC[C@@H](OC6O[C@H](CO)[C@@H](O)[C@H](O)[C@H]6OC6O[C@H](C)[C@H](O)[C@H](O)[C@H]6O)[C@H](O)[C@H]5OC5O[C@H](C)[C@@H](O)[C@H](O)[C@H]5O)[C@H]4O)[C@H]4C[C@@H](OS(=O)(=O)O)CC[C@]4(C)C3=CC[C@@]21C. The van der Waals surface area contributed by atoms with Crippen molar-refractivity contribution >= 4 is 16.2 Å². The number of allylic oxidation sites excluding steroid dienone is 2. The molecule has 5 unspecified atom stereocenters. The van der Waals surface area contributed by atoms with Crippen molar-refractivity contribution < 1.29 is 136 Å². The molecule has 5 heterocycles. The quantitative estimate of drug-likeness (QED) is 0.0491. The van der Waals surface area contributed by atoms with E-state index in [0.29, 0.717) is 32.1 Å². The first-order chi connectivity index (χ1) is 39.7. The van der Waals surface area contributed by atoms with Gasteiger partial charge in [-0.3, -0.25) is 9.35 Å². The second-order valence-electron chi connectivity index (χ2n) is 26.7. The van der Waals surface area contributed by atoms with Gasteiger partial charge < -0.3 is 114 Å². The molecule has 33 atom stereocenters. The molecule has 29 heteroatoms. The highest BCUT2D eigenvalue weighted by molar-refractivity contribution is 7.80. The van der Waals surface area contributed by atoms with E-state index in [4.69, 9.17) is 51.6 Å². The number of fused-ring (bicyclic) bond motifs is 5. The third-order valence-corrected chi connectivity index (χ3v) is 20.8. The van der Waals surface area contributed by atoms with Crippen molar-refractivity contribution in [3.63, 3.8) is 0 Å². The Morgan fingerprint density at radius 3 is 1.78 bits per heavy atom. The molecule has 4 aliphatic carbocycles. The van der Waals surface area contributed by atoms with Crippen LogP contribution >= 0.6 is 0 Å². The van der Waals surface area contributed by atoms with Gasteiger partial charge in [-0.15, -0.1) is 0 Å². The Morgan fingerprint density at radius 2 is 1.20 bits per heavy atom. The number of hydrogen-bond donors (Lipinski definition) is 14. The largest absolute Gasteiger partial charge is 0.397 e. The predicted octanol–water partition coefficient (Wildman–Crippen LogP) is -2.68. The van der Waals surface area contributed by atoms with Crippen LogP contribution in [0, 0.1) is 40.4 Å².